The fourth-order valence-corrected chi connectivity index (χ4v) is 10.5. The summed E-state index contributed by atoms with van der Waals surface area (Å²) in [4.78, 5) is 90.7. The van der Waals surface area contributed by atoms with Crippen molar-refractivity contribution in [1.82, 2.24) is 10.6 Å². The maximum atomic E-state index is 14.4. The van der Waals surface area contributed by atoms with E-state index in [0.717, 1.165) is 6.54 Å². The van der Waals surface area contributed by atoms with Crippen LogP contribution in [-0.4, -0.2) is 199 Å². The molecule has 0 bridgehead atoms. The second-order valence-electron chi connectivity index (χ2n) is 23.5. The van der Waals surface area contributed by atoms with E-state index in [4.69, 9.17) is 33.2 Å². The second kappa shape index (κ2) is 57.4. The van der Waals surface area contributed by atoms with Gasteiger partial charge in [-0.1, -0.05) is 45.9 Å². The third-order valence-electron chi connectivity index (χ3n) is 12.9. The zero-order chi connectivity index (χ0) is 65.6. The number of ether oxygens (including phenoxy) is 7. The van der Waals surface area contributed by atoms with Gasteiger partial charge in [0, 0.05) is 51.4 Å². The number of nitrogens with one attached hydrogen (secondary N) is 5. The molecule has 5 atom stereocenters. The van der Waals surface area contributed by atoms with Crippen LogP contribution in [0, 0.1) is 10.8 Å². The molecule has 525 valence electrons. The second-order valence-corrected chi connectivity index (χ2v) is 27.0. The topological polar surface area (TPSA) is 221 Å². The number of rotatable bonds is 39. The molecule has 19 nitrogen and oxygen atoms in total. The largest absolute Gasteiger partial charge is 0 e. The number of hydrogen-bond donors (Lipinski definition) is 5. The summed E-state index contributed by atoms with van der Waals surface area (Å²) in [7, 11) is 6.33. The molecule has 0 rings (SSSR count). The van der Waals surface area contributed by atoms with E-state index in [9.17, 15) is 42.3 Å². The van der Waals surface area contributed by atoms with Crippen LogP contribution in [0.2, 0.25) is 0 Å². The van der Waals surface area contributed by atoms with E-state index in [0.29, 0.717) is 61.5 Å². The molecule has 0 aromatic heterocycles. The molecule has 0 aliphatic heterocycles. The van der Waals surface area contributed by atoms with Gasteiger partial charge in [0.2, 0.25) is 12.3 Å². The van der Waals surface area contributed by atoms with Crippen LogP contribution in [0.25, 0.3) is 0 Å². The maximum Gasteiger partial charge on any atom is 0 e. The van der Waals surface area contributed by atoms with Crippen LogP contribution in [0.1, 0.15) is 152 Å². The van der Waals surface area contributed by atoms with Crippen molar-refractivity contribution >= 4 is 104 Å². The molecule has 0 saturated carbocycles. The fraction of sp³-hybridized carbons (Fsp3) is 0.842. The smallest absolute Gasteiger partial charge is 0 e. The molecular formula is C57H110BBr3Cl3CuF2N5O14PY. The molecule has 0 aliphatic rings. The van der Waals surface area contributed by atoms with Crippen LogP contribution in [0.15, 0.2) is 12.2 Å². The first-order valence-electron chi connectivity index (χ1n) is 28.2. The summed E-state index contributed by atoms with van der Waals surface area (Å²) in [6, 6.07) is 2.58. The van der Waals surface area contributed by atoms with Crippen molar-refractivity contribution in [3.63, 3.8) is 0 Å². The summed E-state index contributed by atoms with van der Waals surface area (Å²) in [5.41, 5.74) is -1.66. The van der Waals surface area contributed by atoms with Crippen LogP contribution in [0.4, 0.5) is 8.78 Å². The number of alkyl halides is 4. The fourth-order valence-electron chi connectivity index (χ4n) is 8.82. The predicted molar refractivity (Wildman–Crippen MR) is 338 cm³/mol. The standard InChI is InChI=1S/C44H78Br2F2N4O12.C12H23NO2.CH4.BH2P.BrH.3ClH.Cu.Y/c1-29(2)51(30(3)4)17-21-61-39(57)43(13,45)27-41(9,10)37(55)63-25-23-59-19-15-49-35(53)33(47)34(48)36(54)50-16-20-60-24-26-64-38(56)42(11,12)28-44(14,46)40(58)62-22-18-52(31(5)6)32(7)8;1-9(2)12(14)15-8-7-13(10(3)4)11(5)6;;1-2;;;;;;/h29-34H,15-28H2,1-14H3,(H,49,53)(H,50,54);10-11H,1,7-8H2,2-6H3;1H4;2H2;4*1H;;/q;;;;;;;;+1;/p-1. The van der Waals surface area contributed by atoms with E-state index in [1.165, 1.54) is 14.7 Å². The summed E-state index contributed by atoms with van der Waals surface area (Å²) in [5, 5.41) is 4.29. The van der Waals surface area contributed by atoms with Gasteiger partial charge in [-0.15, -0.1) is 0 Å². The number of quaternary nitrogens is 3. The summed E-state index contributed by atoms with van der Waals surface area (Å²) in [6.45, 7) is 42.7. The minimum absolute atomic E-state index is 0. The average molecular weight is 1670 g/mol. The monoisotopic (exact) mass is 1660 g/mol. The maximum absolute atomic E-state index is 14.4. The van der Waals surface area contributed by atoms with Gasteiger partial charge in [0.25, 0.3) is 11.8 Å². The number of carbonyl (C=O) groups excluding carboxylic acids is 7. The van der Waals surface area contributed by atoms with Crippen molar-refractivity contribution in [3.8, 4) is 0 Å². The molecule has 5 unspecified atom stereocenters. The van der Waals surface area contributed by atoms with Gasteiger partial charge in [0.15, 0.2) is 0 Å². The molecular weight excluding hydrogens is 1560 g/mol. The van der Waals surface area contributed by atoms with Gasteiger partial charge in [-0.2, -0.15) is 9.12 Å². The zero-order valence-electron chi connectivity index (χ0n) is 54.9. The van der Waals surface area contributed by atoms with Gasteiger partial charge >= 0.3 is 58.2 Å². The first kappa shape index (κ1) is 107. The van der Waals surface area contributed by atoms with Gasteiger partial charge in [-0.25, -0.2) is 13.6 Å². The normalized spacial score (nSPS) is 13.1. The molecule has 88 heavy (non-hydrogen) atoms. The van der Waals surface area contributed by atoms with Crippen molar-refractivity contribution in [2.24, 2.45) is 10.8 Å². The van der Waals surface area contributed by atoms with Gasteiger partial charge in [0.1, 0.15) is 61.3 Å². The van der Waals surface area contributed by atoms with Gasteiger partial charge in [0.05, 0.1) is 81.1 Å². The van der Waals surface area contributed by atoms with Gasteiger partial charge in [-0.3, -0.25) is 28.8 Å². The molecule has 5 N–H and O–H groups in total. The Morgan fingerprint density at radius 2 is 0.727 bits per heavy atom. The predicted octanol–water partition coefficient (Wildman–Crippen LogP) is -4.11. The molecule has 0 aromatic carbocycles. The van der Waals surface area contributed by atoms with Gasteiger partial charge in [-0.05, 0) is 144 Å². The van der Waals surface area contributed by atoms with E-state index in [1.54, 1.807) is 48.5 Å². The van der Waals surface area contributed by atoms with E-state index >= 15 is 0 Å². The van der Waals surface area contributed by atoms with Crippen LogP contribution in [0.3, 0.4) is 0 Å². The Morgan fingerprint density at radius 1 is 0.489 bits per heavy atom. The average Bonchev–Trinajstić information content (AvgIpc) is 3.38. The number of esters is 5. The minimum atomic E-state index is -2.79. The number of carbonyl (C=O) groups is 7. The Balaban J connectivity index is -0.000000321. The molecule has 2 amide bonds. The summed E-state index contributed by atoms with van der Waals surface area (Å²) in [6.07, 6.45) is -5.38. The van der Waals surface area contributed by atoms with E-state index in [2.05, 4.69) is 168 Å². The van der Waals surface area contributed by atoms with E-state index in [-0.39, 0.29) is 162 Å². The summed E-state index contributed by atoms with van der Waals surface area (Å²) < 4.78 is 64.0. The number of halogens is 8. The minimum Gasteiger partial charge on any atom is 0 e. The Hall–Kier alpha value is 0.118. The Morgan fingerprint density at radius 3 is 0.966 bits per heavy atom. The molecule has 0 heterocycles. The molecule has 0 spiro atoms. The summed E-state index contributed by atoms with van der Waals surface area (Å²) in [5.74, 6) is -5.10. The number of amides is 2. The van der Waals surface area contributed by atoms with Crippen molar-refractivity contribution in [3.05, 3.63) is 12.2 Å². The molecule has 0 saturated heterocycles. The zero-order valence-corrected chi connectivity index (χ0v) is 66.9. The van der Waals surface area contributed by atoms with E-state index in [1.807, 2.05) is 9.12 Å². The van der Waals surface area contributed by atoms with Crippen LogP contribution >= 0.6 is 55.1 Å². The van der Waals surface area contributed by atoms with Crippen molar-refractivity contribution in [2.75, 3.05) is 92.2 Å². The van der Waals surface area contributed by atoms with Crippen molar-refractivity contribution in [2.45, 2.75) is 209 Å². The number of hydrogen-bond acceptors (Lipinski definition) is 14. The van der Waals surface area contributed by atoms with Crippen molar-refractivity contribution in [1.29, 1.82) is 0 Å². The van der Waals surface area contributed by atoms with Crippen molar-refractivity contribution < 1.29 is 174 Å². The molecule has 0 aromatic rings. The molecule has 31 heteroatoms. The third-order valence-corrected chi connectivity index (χ3v) is 14.2. The third kappa shape index (κ3) is 47.9. The Labute approximate surface area is 608 Å². The van der Waals surface area contributed by atoms with Crippen LogP contribution in [-0.2, 0) is 114 Å². The van der Waals surface area contributed by atoms with E-state index < -0.39 is 67.5 Å². The Kier molecular flexibility index (Phi) is 69.7. The molecule has 3 radical (unpaired) electrons. The SMILES string of the molecule is C.C=C(C)C(=O)OCC[NH+](C(C)C)C(C)C.CC(C)[NH+](CCOC(=O)C(C)(Br)CC(C)(C)C(=O)OCCOCCNC(=O)C(F)C(F)C(=O)NCCOCCOC(=O)C(C)(C)CC(C)(Br)C(=O)OCC[NH+](C(C)C)C(C)C)C(C)C.[B]P.[Cl-].[Cl-].[Cl-].[Cu][Br].[Y]. The van der Waals surface area contributed by atoms with Crippen LogP contribution in [0.5, 0.6) is 0 Å². The Bertz CT molecular complexity index is 1800. The molecule has 0 fully saturated rings. The van der Waals surface area contributed by atoms with Crippen LogP contribution < -0.4 is 62.6 Å². The first-order chi connectivity index (χ1) is 38.3. The van der Waals surface area contributed by atoms with Gasteiger partial charge < -0.3 is 95.7 Å². The quantitative estimate of drug-likeness (QED) is 0.00752. The molecule has 0 aliphatic carbocycles. The first-order valence-corrected chi connectivity index (χ1v) is 32.7. The summed E-state index contributed by atoms with van der Waals surface area (Å²) >= 11 is 13.3.